The van der Waals surface area contributed by atoms with E-state index in [0.29, 0.717) is 28.6 Å². The molecule has 69 heavy (non-hydrogen) atoms. The molecule has 366 valence electrons. The summed E-state index contributed by atoms with van der Waals surface area (Å²) in [5.74, 6) is 1.32. The van der Waals surface area contributed by atoms with E-state index < -0.39 is 26.3 Å². The third-order valence-corrected chi connectivity index (χ3v) is 12.9. The third kappa shape index (κ3) is 13.9. The number of aromatic amines is 2. The Hall–Kier alpha value is -6.88. The van der Waals surface area contributed by atoms with E-state index in [1.807, 2.05) is 62.4 Å². The summed E-state index contributed by atoms with van der Waals surface area (Å²) in [6.45, 7) is 13.4. The fourth-order valence-electron chi connectivity index (χ4n) is 6.18. The van der Waals surface area contributed by atoms with E-state index in [1.165, 1.54) is 18.9 Å². The van der Waals surface area contributed by atoms with Gasteiger partial charge in [-0.2, -0.15) is 9.97 Å². The lowest BCUT2D eigenvalue weighted by Crippen LogP contribution is -2.13. The van der Waals surface area contributed by atoms with E-state index in [9.17, 15) is 18.7 Å². The molecule has 6 aromatic rings. The number of imidazole rings is 2. The molecule has 4 aromatic heterocycles. The molecule has 6 heterocycles. The van der Waals surface area contributed by atoms with E-state index in [1.54, 1.807) is 16.1 Å². The Bertz CT molecular complexity index is 3090. The molecular weight excluding hydrogens is 942 g/mol. The number of aryl methyl sites for hydroxylation is 2. The minimum atomic E-state index is -3.70. The number of nitrogens with one attached hydrogen (secondary N) is 2. The van der Waals surface area contributed by atoms with Gasteiger partial charge in [0.05, 0.1) is 39.1 Å². The maximum atomic E-state index is 13.5. The maximum Gasteiger partial charge on any atom is 0.356 e. The number of hydrogen-bond donors (Lipinski definition) is 4. The molecule has 24 nitrogen and oxygen atoms in total. The summed E-state index contributed by atoms with van der Waals surface area (Å²) >= 11 is 0. The van der Waals surface area contributed by atoms with Crippen molar-refractivity contribution in [2.75, 3.05) is 50.6 Å². The van der Waals surface area contributed by atoms with Crippen LogP contribution in [0.4, 0.5) is 11.9 Å². The lowest BCUT2D eigenvalue weighted by Gasteiger charge is -2.19. The quantitative estimate of drug-likeness (QED) is 0.0452. The number of anilines is 2. The van der Waals surface area contributed by atoms with Crippen molar-refractivity contribution in [2.24, 2.45) is 0 Å². The van der Waals surface area contributed by atoms with Crippen molar-refractivity contribution in [3.8, 4) is 0 Å². The Morgan fingerprint density at radius 3 is 1.54 bits per heavy atom. The molecule has 6 N–H and O–H groups in total. The number of fused-ring (bicyclic) bond motifs is 2. The first-order valence-corrected chi connectivity index (χ1v) is 24.4. The normalized spacial score (nSPS) is 15.2. The number of H-pyrrole nitrogens is 2. The van der Waals surface area contributed by atoms with Crippen LogP contribution in [0.5, 0.6) is 0 Å². The first kappa shape index (κ1) is 50.0. The molecule has 2 aliphatic heterocycles. The van der Waals surface area contributed by atoms with Gasteiger partial charge in [0.2, 0.25) is 11.9 Å². The topological polar surface area (TPSA) is 306 Å². The third-order valence-electron chi connectivity index (χ3n) is 9.79. The highest BCUT2D eigenvalue weighted by Crippen LogP contribution is 2.50. The Balaban J connectivity index is 0.000000204. The summed E-state index contributed by atoms with van der Waals surface area (Å²) in [6.07, 6.45) is 3.61. The van der Waals surface area contributed by atoms with Crippen molar-refractivity contribution in [2.45, 2.75) is 47.1 Å². The van der Waals surface area contributed by atoms with Crippen LogP contribution in [-0.4, -0.2) is 78.2 Å². The van der Waals surface area contributed by atoms with Gasteiger partial charge in [0.1, 0.15) is 37.9 Å². The number of aromatic nitrogens is 8. The summed E-state index contributed by atoms with van der Waals surface area (Å²) < 4.78 is 84.6. The lowest BCUT2D eigenvalue weighted by atomic mass is 10.2. The highest BCUT2D eigenvalue weighted by molar-refractivity contribution is 7.53. The van der Waals surface area contributed by atoms with Crippen LogP contribution in [0.15, 0.2) is 119 Å². The number of nitrogen functional groups attached to an aromatic ring is 2. The first-order valence-electron chi connectivity index (χ1n) is 20.9. The van der Waals surface area contributed by atoms with Gasteiger partial charge in [-0.05, 0) is 45.1 Å². The summed E-state index contributed by atoms with van der Waals surface area (Å²) in [4.78, 5) is 44.9. The van der Waals surface area contributed by atoms with Crippen LogP contribution in [0.25, 0.3) is 22.3 Å². The van der Waals surface area contributed by atoms with Gasteiger partial charge in [-0.1, -0.05) is 59.7 Å². The van der Waals surface area contributed by atoms with E-state index in [0.717, 1.165) is 22.3 Å². The fraction of sp³-hybridized carbons (Fsp3) is 0.302. The predicted molar refractivity (Wildman–Crippen MR) is 249 cm³/mol. The van der Waals surface area contributed by atoms with Crippen LogP contribution in [0.2, 0.25) is 0 Å². The number of hydrogen-bond acceptors (Lipinski definition) is 20. The van der Waals surface area contributed by atoms with Crippen molar-refractivity contribution in [3.63, 3.8) is 0 Å². The molecule has 0 aliphatic carbocycles. The van der Waals surface area contributed by atoms with Crippen LogP contribution in [0.3, 0.4) is 0 Å². The smallest absolute Gasteiger partial charge is 0.356 e. The van der Waals surface area contributed by atoms with Gasteiger partial charge < -0.3 is 58.1 Å². The summed E-state index contributed by atoms with van der Waals surface area (Å²) in [5, 5.41) is 0. The first-order chi connectivity index (χ1) is 33.0. The van der Waals surface area contributed by atoms with E-state index in [-0.39, 0.29) is 100 Å². The van der Waals surface area contributed by atoms with E-state index in [2.05, 4.69) is 43.1 Å². The molecule has 0 fully saturated rings. The van der Waals surface area contributed by atoms with Crippen molar-refractivity contribution >= 4 is 49.4 Å². The van der Waals surface area contributed by atoms with Gasteiger partial charge >= 0.3 is 15.2 Å². The highest BCUT2D eigenvalue weighted by Gasteiger charge is 2.30. The zero-order chi connectivity index (χ0) is 49.1. The average Bonchev–Trinajstić information content (AvgIpc) is 4.11. The SMILES string of the molecule is C=C1OC(C)=C(COP(=O)(COCCn2cnc3c(=O)[nH]c(N)nc32)OCc2ccc(C)cc2)O1.C=C1OC=C(COP(=O)(COCCn2cnc3c(=O)[nH]c(N)nc32)OCc2ccc(C)cc2)O1. The fourth-order valence-corrected chi connectivity index (χ4v) is 8.66. The van der Waals surface area contributed by atoms with Gasteiger partial charge in [-0.25, -0.2) is 9.97 Å². The molecular formula is C43H50N10O14P2. The minimum Gasteiger partial charge on any atom is -0.431 e. The molecule has 0 bridgehead atoms. The largest absolute Gasteiger partial charge is 0.431 e. The second-order valence-electron chi connectivity index (χ2n) is 15.2. The molecule has 8 rings (SSSR count). The van der Waals surface area contributed by atoms with Crippen molar-refractivity contribution < 1.29 is 55.6 Å². The Kier molecular flexibility index (Phi) is 16.3. The van der Waals surface area contributed by atoms with Crippen molar-refractivity contribution in [3.05, 3.63) is 153 Å². The van der Waals surface area contributed by atoms with Gasteiger partial charge in [0.15, 0.2) is 33.8 Å². The summed E-state index contributed by atoms with van der Waals surface area (Å²) in [6, 6.07) is 15.3. The number of benzene rings is 2. The van der Waals surface area contributed by atoms with Gasteiger partial charge in [0.25, 0.3) is 23.0 Å². The Morgan fingerprint density at radius 2 is 1.10 bits per heavy atom. The number of allylic oxidation sites excluding steroid dienone is 1. The van der Waals surface area contributed by atoms with Crippen LogP contribution in [0, 0.1) is 13.8 Å². The standard InChI is InChI=1S/C22H26N5O7P.C21H24N5O7P/c1-14-4-6-17(7-5-14)10-31-35(29,32-11-18-15(2)33-16(3)34-18)13-30-9-8-27-12-24-19-20(27)25-22(23)26-21(19)28;1-14-3-5-16(6-4-14)9-31-34(28,32-11-17-10-30-15(2)33-17)13-29-8-7-26-12-23-18-19(26)24-21(22)25-20(18)27/h4-7,12H,3,8-11,13H2,1-2H3,(H3,23,25,26,28);3-6,10,12H,2,7-9,11,13H2,1H3,(H3,22,24,25,27). The van der Waals surface area contributed by atoms with Crippen LogP contribution >= 0.6 is 15.2 Å². The summed E-state index contributed by atoms with van der Waals surface area (Å²) in [5.41, 5.74) is 15.2. The molecule has 2 aliphatic rings. The Morgan fingerprint density at radius 1 is 0.638 bits per heavy atom. The van der Waals surface area contributed by atoms with Crippen molar-refractivity contribution in [1.29, 1.82) is 0 Å². The lowest BCUT2D eigenvalue weighted by molar-refractivity contribution is 0.114. The molecule has 2 aromatic carbocycles. The highest BCUT2D eigenvalue weighted by atomic mass is 31.2. The molecule has 0 amide bonds. The maximum absolute atomic E-state index is 13.5. The van der Waals surface area contributed by atoms with E-state index in [4.69, 9.17) is 58.0 Å². The molecule has 2 unspecified atom stereocenters. The minimum absolute atomic E-state index is 0.0158. The van der Waals surface area contributed by atoms with Gasteiger partial charge in [-0.3, -0.25) is 37.7 Å². The van der Waals surface area contributed by atoms with E-state index >= 15 is 0 Å². The van der Waals surface area contributed by atoms with Gasteiger partial charge in [0, 0.05) is 13.1 Å². The number of ether oxygens (including phenoxy) is 6. The molecule has 0 saturated carbocycles. The molecule has 0 saturated heterocycles. The van der Waals surface area contributed by atoms with Gasteiger partial charge in [-0.15, -0.1) is 0 Å². The Labute approximate surface area is 393 Å². The van der Waals surface area contributed by atoms with Crippen LogP contribution in [0.1, 0.15) is 29.2 Å². The number of nitrogens with zero attached hydrogens (tertiary/aromatic N) is 6. The molecule has 0 spiro atoms. The zero-order valence-electron chi connectivity index (χ0n) is 37.8. The zero-order valence-corrected chi connectivity index (χ0v) is 39.6. The molecule has 26 heteroatoms. The second-order valence-corrected chi connectivity index (χ2v) is 19.2. The summed E-state index contributed by atoms with van der Waals surface area (Å²) in [7, 11) is -7.39. The van der Waals surface area contributed by atoms with Crippen molar-refractivity contribution in [1.82, 2.24) is 39.0 Å². The monoisotopic (exact) mass is 992 g/mol. The number of nitrogens with two attached hydrogens (primary N) is 2. The molecule has 2 atom stereocenters. The van der Waals surface area contributed by atoms with Crippen LogP contribution in [-0.2, 0) is 81.9 Å². The predicted octanol–water partition coefficient (Wildman–Crippen LogP) is 5.93. The average molecular weight is 993 g/mol. The molecule has 0 radical (unpaired) electrons. The van der Waals surface area contributed by atoms with Crippen LogP contribution < -0.4 is 22.6 Å². The number of rotatable bonds is 22. The second kappa shape index (κ2) is 22.5.